The predicted octanol–water partition coefficient (Wildman–Crippen LogP) is 6.28. The van der Waals surface area contributed by atoms with Gasteiger partial charge in [0.2, 0.25) is 0 Å². The Labute approximate surface area is 146 Å². The molecule has 2 nitrogen and oxygen atoms in total. The summed E-state index contributed by atoms with van der Waals surface area (Å²) in [5.74, 6) is 0.694. The molecule has 3 aromatic rings. The van der Waals surface area contributed by atoms with Crippen LogP contribution >= 0.6 is 15.9 Å². The molecule has 0 radical (unpaired) electrons. The van der Waals surface area contributed by atoms with Crippen LogP contribution < -0.4 is 0 Å². The summed E-state index contributed by atoms with van der Waals surface area (Å²) >= 11 is 3.55. The van der Waals surface area contributed by atoms with E-state index >= 15 is 0 Å². The third-order valence-corrected chi connectivity index (χ3v) is 4.56. The molecule has 0 atom stereocenters. The van der Waals surface area contributed by atoms with Gasteiger partial charge < -0.3 is 4.57 Å². The van der Waals surface area contributed by atoms with Gasteiger partial charge in [-0.15, -0.1) is 0 Å². The number of imidazole rings is 1. The summed E-state index contributed by atoms with van der Waals surface area (Å²) in [6, 6.07) is 10.9. The number of aromatic nitrogens is 2. The summed E-state index contributed by atoms with van der Waals surface area (Å²) in [4.78, 5) is 4.64. The monoisotopic (exact) mass is 396 g/mol. The molecule has 0 N–H and O–H groups in total. The van der Waals surface area contributed by atoms with Crippen LogP contribution in [0.5, 0.6) is 0 Å². The highest BCUT2D eigenvalue weighted by Crippen LogP contribution is 2.33. The van der Waals surface area contributed by atoms with E-state index in [1.165, 1.54) is 12.1 Å². The van der Waals surface area contributed by atoms with Crippen molar-refractivity contribution in [3.8, 4) is 11.4 Å². The first-order chi connectivity index (χ1) is 11.4. The number of nitrogens with zero attached hydrogens (tertiary/aromatic N) is 2. The van der Waals surface area contributed by atoms with Gasteiger partial charge in [0.05, 0.1) is 16.6 Å². The molecule has 0 spiro atoms. The lowest BCUT2D eigenvalue weighted by atomic mass is 10.1. The molecule has 0 fully saturated rings. The Morgan fingerprint density at radius 3 is 2.42 bits per heavy atom. The Bertz CT molecular complexity index is 851. The van der Waals surface area contributed by atoms with E-state index in [1.54, 1.807) is 0 Å². The maximum absolute atomic E-state index is 12.8. The molecule has 1 heterocycles. The summed E-state index contributed by atoms with van der Waals surface area (Å²) in [6.45, 7) is 2.87. The van der Waals surface area contributed by atoms with Gasteiger partial charge in [-0.2, -0.15) is 13.2 Å². The molecule has 0 aliphatic heterocycles. The smallest absolute Gasteiger partial charge is 0.323 e. The standard InChI is InChI=1S/C18H16BrF3N2/c1-2-3-11-24-16-14(19)5-4-6-15(16)23-17(24)12-7-9-13(10-8-12)18(20,21)22/h4-10H,2-3,11H2,1H3. The van der Waals surface area contributed by atoms with E-state index in [0.29, 0.717) is 11.4 Å². The van der Waals surface area contributed by atoms with E-state index in [2.05, 4.69) is 32.4 Å². The summed E-state index contributed by atoms with van der Waals surface area (Å²) in [5, 5.41) is 0. The second-order valence-electron chi connectivity index (χ2n) is 5.62. The molecule has 0 bridgehead atoms. The molecule has 3 rings (SSSR count). The highest BCUT2D eigenvalue weighted by Gasteiger charge is 2.30. The van der Waals surface area contributed by atoms with E-state index in [-0.39, 0.29) is 0 Å². The largest absolute Gasteiger partial charge is 0.416 e. The Hall–Kier alpha value is -1.82. The highest BCUT2D eigenvalue weighted by molar-refractivity contribution is 9.10. The zero-order valence-corrected chi connectivity index (χ0v) is 14.7. The average Bonchev–Trinajstić information content (AvgIpc) is 2.92. The van der Waals surface area contributed by atoms with Crippen molar-refractivity contribution < 1.29 is 13.2 Å². The van der Waals surface area contributed by atoms with Crippen LogP contribution in [0, 0.1) is 0 Å². The molecule has 0 saturated carbocycles. The molecule has 0 unspecified atom stereocenters. The van der Waals surface area contributed by atoms with Crippen molar-refractivity contribution in [2.24, 2.45) is 0 Å². The second-order valence-corrected chi connectivity index (χ2v) is 6.48. The third-order valence-electron chi connectivity index (χ3n) is 3.92. The van der Waals surface area contributed by atoms with Crippen LogP contribution in [0.3, 0.4) is 0 Å². The fourth-order valence-corrected chi connectivity index (χ4v) is 3.27. The average molecular weight is 397 g/mol. The fourth-order valence-electron chi connectivity index (χ4n) is 2.70. The van der Waals surface area contributed by atoms with Gasteiger partial charge in [-0.05, 0) is 46.6 Å². The minimum atomic E-state index is -4.33. The fraction of sp³-hybridized carbons (Fsp3) is 0.278. The van der Waals surface area contributed by atoms with Gasteiger partial charge in [0.25, 0.3) is 0 Å². The number of para-hydroxylation sites is 1. The van der Waals surface area contributed by atoms with Crippen molar-refractivity contribution in [2.75, 3.05) is 0 Å². The van der Waals surface area contributed by atoms with E-state index in [0.717, 1.165) is 47.0 Å². The molecular weight excluding hydrogens is 381 g/mol. The van der Waals surface area contributed by atoms with Gasteiger partial charge in [0.1, 0.15) is 5.82 Å². The van der Waals surface area contributed by atoms with E-state index < -0.39 is 11.7 Å². The van der Waals surface area contributed by atoms with Gasteiger partial charge in [-0.25, -0.2) is 4.98 Å². The number of fused-ring (bicyclic) bond motifs is 1. The summed E-state index contributed by atoms with van der Waals surface area (Å²) in [5.41, 5.74) is 1.84. The van der Waals surface area contributed by atoms with Crippen molar-refractivity contribution in [2.45, 2.75) is 32.5 Å². The van der Waals surface area contributed by atoms with Crippen LogP contribution in [-0.4, -0.2) is 9.55 Å². The summed E-state index contributed by atoms with van der Waals surface area (Å²) in [6.07, 6.45) is -2.33. The number of benzene rings is 2. The molecular formula is C18H16BrF3N2. The number of aryl methyl sites for hydroxylation is 1. The van der Waals surface area contributed by atoms with Crippen LogP contribution in [-0.2, 0) is 12.7 Å². The van der Waals surface area contributed by atoms with E-state index in [9.17, 15) is 13.2 Å². The lowest BCUT2D eigenvalue weighted by Crippen LogP contribution is -2.05. The molecule has 0 aliphatic carbocycles. The van der Waals surface area contributed by atoms with Gasteiger partial charge >= 0.3 is 6.18 Å². The molecule has 2 aromatic carbocycles. The Morgan fingerprint density at radius 2 is 1.79 bits per heavy atom. The number of unbranched alkanes of at least 4 members (excludes halogenated alkanes) is 1. The lowest BCUT2D eigenvalue weighted by Gasteiger charge is -2.11. The van der Waals surface area contributed by atoms with Crippen LogP contribution in [0.2, 0.25) is 0 Å². The first-order valence-corrected chi connectivity index (χ1v) is 8.53. The zero-order valence-electron chi connectivity index (χ0n) is 13.1. The second kappa shape index (κ2) is 6.59. The van der Waals surface area contributed by atoms with Crippen molar-refractivity contribution in [1.29, 1.82) is 0 Å². The number of hydrogen-bond donors (Lipinski definition) is 0. The van der Waals surface area contributed by atoms with Gasteiger partial charge in [0, 0.05) is 16.6 Å². The molecule has 0 amide bonds. The minimum Gasteiger partial charge on any atom is -0.323 e. The predicted molar refractivity (Wildman–Crippen MR) is 92.8 cm³/mol. The number of hydrogen-bond acceptors (Lipinski definition) is 1. The van der Waals surface area contributed by atoms with Crippen molar-refractivity contribution in [1.82, 2.24) is 9.55 Å². The Balaban J connectivity index is 2.13. The Kier molecular flexibility index (Phi) is 4.67. The van der Waals surface area contributed by atoms with Gasteiger partial charge in [-0.1, -0.05) is 31.5 Å². The van der Waals surface area contributed by atoms with Crippen molar-refractivity contribution >= 4 is 27.0 Å². The van der Waals surface area contributed by atoms with E-state index in [1.807, 2.05) is 18.2 Å². The first kappa shape index (κ1) is 17.0. The zero-order chi connectivity index (χ0) is 17.3. The van der Waals surface area contributed by atoms with Gasteiger partial charge in [0.15, 0.2) is 0 Å². The highest BCUT2D eigenvalue weighted by atomic mass is 79.9. The summed E-state index contributed by atoms with van der Waals surface area (Å²) in [7, 11) is 0. The molecule has 24 heavy (non-hydrogen) atoms. The number of halogens is 4. The SMILES string of the molecule is CCCCn1c(-c2ccc(C(F)(F)F)cc2)nc2cccc(Br)c21. The molecule has 1 aromatic heterocycles. The van der Waals surface area contributed by atoms with Crippen LogP contribution in [0.1, 0.15) is 25.3 Å². The van der Waals surface area contributed by atoms with Gasteiger partial charge in [-0.3, -0.25) is 0 Å². The maximum Gasteiger partial charge on any atom is 0.416 e. The number of rotatable bonds is 4. The quantitative estimate of drug-likeness (QED) is 0.506. The number of alkyl halides is 3. The van der Waals surface area contributed by atoms with Crippen LogP contribution in [0.4, 0.5) is 13.2 Å². The molecule has 0 aliphatic rings. The topological polar surface area (TPSA) is 17.8 Å². The maximum atomic E-state index is 12.8. The van der Waals surface area contributed by atoms with Crippen molar-refractivity contribution in [3.05, 3.63) is 52.5 Å². The van der Waals surface area contributed by atoms with Crippen molar-refractivity contribution in [3.63, 3.8) is 0 Å². The first-order valence-electron chi connectivity index (χ1n) is 7.74. The third kappa shape index (κ3) is 3.20. The lowest BCUT2D eigenvalue weighted by molar-refractivity contribution is -0.137. The summed E-state index contributed by atoms with van der Waals surface area (Å²) < 4.78 is 41.3. The molecule has 0 saturated heterocycles. The van der Waals surface area contributed by atoms with E-state index in [4.69, 9.17) is 0 Å². The van der Waals surface area contributed by atoms with Crippen LogP contribution in [0.15, 0.2) is 46.9 Å². The normalized spacial score (nSPS) is 12.0. The van der Waals surface area contributed by atoms with Crippen LogP contribution in [0.25, 0.3) is 22.4 Å². The Morgan fingerprint density at radius 1 is 1.08 bits per heavy atom. The minimum absolute atomic E-state index is 0.649. The molecule has 126 valence electrons. The molecule has 6 heteroatoms.